The fraction of sp³-hybridized carbons (Fsp3) is 1.00. The molecule has 0 amide bonds. The van der Waals surface area contributed by atoms with Crippen LogP contribution in [0.15, 0.2) is 0 Å². The molecule has 1 N–H and O–H groups in total. The molecule has 2 heterocycles. The van der Waals surface area contributed by atoms with Gasteiger partial charge in [0.05, 0.1) is 0 Å². The van der Waals surface area contributed by atoms with Gasteiger partial charge in [0.25, 0.3) is 0 Å². The summed E-state index contributed by atoms with van der Waals surface area (Å²) in [5.41, 5.74) is 0.547. The van der Waals surface area contributed by atoms with Crippen molar-refractivity contribution in [3.63, 3.8) is 0 Å². The zero-order valence-corrected chi connectivity index (χ0v) is 6.82. The van der Waals surface area contributed by atoms with Gasteiger partial charge in [-0.15, -0.1) is 0 Å². The predicted molar refractivity (Wildman–Crippen MR) is 43.0 cm³/mol. The lowest BCUT2D eigenvalue weighted by atomic mass is 9.75. The Hall–Kier alpha value is -0.0400. The second-order valence-corrected chi connectivity index (χ2v) is 4.21. The van der Waals surface area contributed by atoms with E-state index in [1.54, 1.807) is 0 Å². The molecule has 3 fully saturated rings. The molecule has 2 aliphatic heterocycles. The van der Waals surface area contributed by atoms with Crippen molar-refractivity contribution in [2.24, 2.45) is 0 Å². The Bertz CT molecular complexity index is 119. The molecule has 1 saturated carbocycles. The van der Waals surface area contributed by atoms with E-state index in [0.29, 0.717) is 5.54 Å². The zero-order chi connectivity index (χ0) is 7.03. The van der Waals surface area contributed by atoms with Crippen molar-refractivity contribution in [1.29, 1.82) is 0 Å². The van der Waals surface area contributed by atoms with Gasteiger partial charge in [-0.3, -0.25) is 0 Å². The molecular formula is C9H17N. The molecule has 1 nitrogen and oxygen atoms in total. The lowest BCUT2D eigenvalue weighted by Crippen LogP contribution is -2.62. The van der Waals surface area contributed by atoms with Crippen LogP contribution in [0.1, 0.15) is 45.4 Å². The molecule has 3 rings (SSSR count). The van der Waals surface area contributed by atoms with E-state index >= 15 is 0 Å². The Morgan fingerprint density at radius 3 is 2.90 bits per heavy atom. The molecular weight excluding hydrogens is 122 g/mol. The van der Waals surface area contributed by atoms with Crippen molar-refractivity contribution in [2.75, 3.05) is 0 Å². The smallest absolute Gasteiger partial charge is 0.0170 e. The van der Waals surface area contributed by atoms with Crippen LogP contribution in [0.3, 0.4) is 0 Å². The van der Waals surface area contributed by atoms with Crippen molar-refractivity contribution in [3.8, 4) is 0 Å². The highest BCUT2D eigenvalue weighted by atomic mass is 15.1. The van der Waals surface area contributed by atoms with E-state index in [2.05, 4.69) is 12.2 Å². The summed E-state index contributed by atoms with van der Waals surface area (Å²) in [6.45, 7) is 2.37. The largest absolute Gasteiger partial charge is 0.309 e. The standard InChI is InChI=1S/C9H17N/c1-9-6-4-2-3-5-8(7-9)10-9/h8,10H,2-7H2,1H3. The van der Waals surface area contributed by atoms with Gasteiger partial charge in [-0.1, -0.05) is 19.3 Å². The first-order valence-corrected chi connectivity index (χ1v) is 4.56. The highest BCUT2D eigenvalue weighted by Crippen LogP contribution is 2.34. The van der Waals surface area contributed by atoms with E-state index in [0.717, 1.165) is 6.04 Å². The minimum atomic E-state index is 0.547. The molecule has 10 heavy (non-hydrogen) atoms. The second kappa shape index (κ2) is 2.23. The van der Waals surface area contributed by atoms with Gasteiger partial charge in [0, 0.05) is 11.6 Å². The van der Waals surface area contributed by atoms with Crippen LogP contribution in [0.5, 0.6) is 0 Å². The summed E-state index contributed by atoms with van der Waals surface area (Å²) >= 11 is 0. The Morgan fingerprint density at radius 1 is 1.30 bits per heavy atom. The van der Waals surface area contributed by atoms with Crippen molar-refractivity contribution in [1.82, 2.24) is 5.32 Å². The van der Waals surface area contributed by atoms with Crippen LogP contribution in [0.25, 0.3) is 0 Å². The average molecular weight is 139 g/mol. The van der Waals surface area contributed by atoms with Crippen LogP contribution >= 0.6 is 0 Å². The van der Waals surface area contributed by atoms with Crippen LogP contribution in [0, 0.1) is 0 Å². The normalized spacial score (nSPS) is 47.1. The topological polar surface area (TPSA) is 12.0 Å². The summed E-state index contributed by atoms with van der Waals surface area (Å²) in [4.78, 5) is 0. The fourth-order valence-electron chi connectivity index (χ4n) is 2.45. The van der Waals surface area contributed by atoms with Crippen LogP contribution < -0.4 is 5.32 Å². The summed E-state index contributed by atoms with van der Waals surface area (Å²) in [5, 5.41) is 3.66. The summed E-state index contributed by atoms with van der Waals surface area (Å²) < 4.78 is 0. The van der Waals surface area contributed by atoms with Gasteiger partial charge in [-0.2, -0.15) is 0 Å². The minimum Gasteiger partial charge on any atom is -0.309 e. The quantitative estimate of drug-likeness (QED) is 0.541. The molecule has 0 spiro atoms. The first-order chi connectivity index (χ1) is 4.79. The molecule has 0 aromatic heterocycles. The monoisotopic (exact) mass is 139 g/mol. The number of fused-ring (bicyclic) bond motifs is 4. The third-order valence-electron chi connectivity index (χ3n) is 3.03. The molecule has 0 aromatic carbocycles. The van der Waals surface area contributed by atoms with Crippen molar-refractivity contribution in [2.45, 2.75) is 57.0 Å². The van der Waals surface area contributed by atoms with E-state index in [1.807, 2.05) is 0 Å². The third kappa shape index (κ3) is 1.07. The SMILES string of the molecule is CC12CCCCCC(C1)N2. The summed E-state index contributed by atoms with van der Waals surface area (Å²) in [6, 6.07) is 0.880. The molecule has 2 atom stereocenters. The Kier molecular flexibility index (Phi) is 1.48. The first-order valence-electron chi connectivity index (χ1n) is 4.56. The highest BCUT2D eigenvalue weighted by molar-refractivity contribution is 5.00. The van der Waals surface area contributed by atoms with Gasteiger partial charge in [0.2, 0.25) is 0 Å². The molecule has 2 unspecified atom stereocenters. The van der Waals surface area contributed by atoms with E-state index in [1.165, 1.54) is 38.5 Å². The summed E-state index contributed by atoms with van der Waals surface area (Å²) in [7, 11) is 0. The summed E-state index contributed by atoms with van der Waals surface area (Å²) in [5.74, 6) is 0. The predicted octanol–water partition coefficient (Wildman–Crippen LogP) is 2.07. The zero-order valence-electron chi connectivity index (χ0n) is 6.82. The second-order valence-electron chi connectivity index (χ2n) is 4.21. The summed E-state index contributed by atoms with van der Waals surface area (Å²) in [6.07, 6.45) is 8.63. The van der Waals surface area contributed by atoms with Gasteiger partial charge in [-0.25, -0.2) is 0 Å². The van der Waals surface area contributed by atoms with E-state index in [4.69, 9.17) is 0 Å². The van der Waals surface area contributed by atoms with E-state index in [9.17, 15) is 0 Å². The lowest BCUT2D eigenvalue weighted by Gasteiger charge is -2.49. The molecule has 1 heteroatoms. The van der Waals surface area contributed by atoms with E-state index in [-0.39, 0.29) is 0 Å². The van der Waals surface area contributed by atoms with Crippen LogP contribution in [-0.4, -0.2) is 11.6 Å². The van der Waals surface area contributed by atoms with Crippen molar-refractivity contribution in [3.05, 3.63) is 0 Å². The van der Waals surface area contributed by atoms with Crippen molar-refractivity contribution < 1.29 is 0 Å². The van der Waals surface area contributed by atoms with Crippen LogP contribution in [0.2, 0.25) is 0 Å². The van der Waals surface area contributed by atoms with Gasteiger partial charge in [0.1, 0.15) is 0 Å². The number of hydrogen-bond acceptors (Lipinski definition) is 1. The maximum absolute atomic E-state index is 3.66. The fourth-order valence-corrected chi connectivity index (χ4v) is 2.45. The first kappa shape index (κ1) is 6.66. The molecule has 1 aliphatic carbocycles. The van der Waals surface area contributed by atoms with E-state index < -0.39 is 0 Å². The van der Waals surface area contributed by atoms with Crippen molar-refractivity contribution >= 4 is 0 Å². The Labute approximate surface area is 63.2 Å². The van der Waals surface area contributed by atoms with Gasteiger partial charge < -0.3 is 5.32 Å². The van der Waals surface area contributed by atoms with Crippen LogP contribution in [0.4, 0.5) is 0 Å². The number of rotatable bonds is 0. The average Bonchev–Trinajstić information content (AvgIpc) is 1.75. The number of hydrogen-bond donors (Lipinski definition) is 1. The lowest BCUT2D eigenvalue weighted by molar-refractivity contribution is 0.117. The molecule has 58 valence electrons. The highest BCUT2D eigenvalue weighted by Gasteiger charge is 2.39. The maximum Gasteiger partial charge on any atom is 0.0170 e. The van der Waals surface area contributed by atoms with Gasteiger partial charge in [0.15, 0.2) is 0 Å². The van der Waals surface area contributed by atoms with Gasteiger partial charge in [-0.05, 0) is 26.2 Å². The Balaban J connectivity index is 1.94. The molecule has 0 aromatic rings. The van der Waals surface area contributed by atoms with Crippen LogP contribution in [-0.2, 0) is 0 Å². The molecule has 3 aliphatic rings. The minimum absolute atomic E-state index is 0.547. The Morgan fingerprint density at radius 2 is 2.10 bits per heavy atom. The van der Waals surface area contributed by atoms with Gasteiger partial charge >= 0.3 is 0 Å². The molecule has 2 bridgehead atoms. The molecule has 2 saturated heterocycles. The third-order valence-corrected chi connectivity index (χ3v) is 3.03. The maximum atomic E-state index is 3.66. The number of nitrogens with one attached hydrogen (secondary N) is 1. The molecule has 0 radical (unpaired) electrons.